The van der Waals surface area contributed by atoms with E-state index in [1.165, 1.54) is 12.8 Å². The van der Waals surface area contributed by atoms with Crippen molar-refractivity contribution in [2.24, 2.45) is 16.7 Å². The van der Waals surface area contributed by atoms with Crippen LogP contribution < -0.4 is 0 Å². The lowest BCUT2D eigenvalue weighted by Gasteiger charge is -2.35. The summed E-state index contributed by atoms with van der Waals surface area (Å²) in [5.41, 5.74) is 0.398. The first-order valence-electron chi connectivity index (χ1n) is 9.76. The predicted molar refractivity (Wildman–Crippen MR) is 112 cm³/mol. The number of rotatable bonds is 11. The van der Waals surface area contributed by atoms with Gasteiger partial charge in [-0.1, -0.05) is 84.2 Å². The largest absolute Gasteiger partial charge is 0.390 e. The van der Waals surface area contributed by atoms with Gasteiger partial charge in [0.2, 0.25) is 0 Å². The molecule has 24 heavy (non-hydrogen) atoms. The van der Waals surface area contributed by atoms with Gasteiger partial charge in [0.05, 0.1) is 18.8 Å². The normalized spacial score (nSPS) is 15.0. The second kappa shape index (κ2) is 13.6. The van der Waals surface area contributed by atoms with Crippen molar-refractivity contribution in [2.75, 3.05) is 11.9 Å². The van der Waals surface area contributed by atoms with Crippen molar-refractivity contribution in [1.29, 1.82) is 0 Å². The molecule has 0 rings (SSSR count). The molecule has 0 aromatic heterocycles. The Morgan fingerprint density at radius 1 is 0.917 bits per heavy atom. The van der Waals surface area contributed by atoms with E-state index in [-0.39, 0.29) is 23.0 Å². The van der Waals surface area contributed by atoms with E-state index < -0.39 is 0 Å². The molecule has 0 fully saturated rings. The SMILES string of the molecule is CC(C)CCC(O)C(C)OCC(C)(C)CC(C)(C)CBr.CCCC. The smallest absolute Gasteiger partial charge is 0.0806 e. The van der Waals surface area contributed by atoms with Crippen molar-refractivity contribution in [1.82, 2.24) is 0 Å². The van der Waals surface area contributed by atoms with Gasteiger partial charge in [-0.25, -0.2) is 0 Å². The molecule has 2 atom stereocenters. The maximum atomic E-state index is 10.1. The molecule has 1 N–H and O–H groups in total. The fraction of sp³-hybridized carbons (Fsp3) is 1.00. The summed E-state index contributed by atoms with van der Waals surface area (Å²) in [6.45, 7) is 20.4. The monoisotopic (exact) mass is 408 g/mol. The van der Waals surface area contributed by atoms with Gasteiger partial charge < -0.3 is 9.84 Å². The van der Waals surface area contributed by atoms with Crippen LogP contribution in [-0.4, -0.2) is 29.3 Å². The third kappa shape index (κ3) is 15.9. The van der Waals surface area contributed by atoms with Gasteiger partial charge in [-0.15, -0.1) is 0 Å². The van der Waals surface area contributed by atoms with E-state index in [0.717, 1.165) is 24.6 Å². The first-order chi connectivity index (χ1) is 10.9. The van der Waals surface area contributed by atoms with Crippen LogP contribution in [0.5, 0.6) is 0 Å². The third-order valence-electron chi connectivity index (χ3n) is 4.14. The fourth-order valence-electron chi connectivity index (χ4n) is 2.60. The Balaban J connectivity index is 0. The van der Waals surface area contributed by atoms with Gasteiger partial charge in [-0.3, -0.25) is 0 Å². The molecular formula is C21H45BrO2. The van der Waals surface area contributed by atoms with E-state index >= 15 is 0 Å². The molecule has 0 spiro atoms. The maximum Gasteiger partial charge on any atom is 0.0806 e. The molecule has 0 heterocycles. The summed E-state index contributed by atoms with van der Waals surface area (Å²) in [7, 11) is 0. The zero-order valence-electron chi connectivity index (χ0n) is 17.9. The molecule has 0 amide bonds. The van der Waals surface area contributed by atoms with Crippen LogP contribution in [0.2, 0.25) is 0 Å². The van der Waals surface area contributed by atoms with E-state index in [9.17, 15) is 5.11 Å². The van der Waals surface area contributed by atoms with E-state index in [2.05, 4.69) is 71.3 Å². The Kier molecular flexibility index (Phi) is 15.1. The quantitative estimate of drug-likeness (QED) is 0.379. The highest BCUT2D eigenvalue weighted by atomic mass is 79.9. The number of aliphatic hydroxyl groups excluding tert-OH is 1. The number of ether oxygens (including phenoxy) is 1. The zero-order chi connectivity index (χ0) is 19.4. The van der Waals surface area contributed by atoms with Crippen molar-refractivity contribution in [3.63, 3.8) is 0 Å². The number of aliphatic hydroxyl groups is 1. The van der Waals surface area contributed by atoms with E-state index in [0.29, 0.717) is 12.5 Å². The van der Waals surface area contributed by atoms with E-state index in [4.69, 9.17) is 4.74 Å². The maximum absolute atomic E-state index is 10.1. The molecule has 3 heteroatoms. The molecule has 0 saturated carbocycles. The minimum Gasteiger partial charge on any atom is -0.390 e. The van der Waals surface area contributed by atoms with Crippen LogP contribution in [0, 0.1) is 16.7 Å². The van der Waals surface area contributed by atoms with Crippen LogP contribution in [0.3, 0.4) is 0 Å². The van der Waals surface area contributed by atoms with Gasteiger partial charge in [0.15, 0.2) is 0 Å². The Morgan fingerprint density at radius 3 is 1.79 bits per heavy atom. The fourth-order valence-corrected chi connectivity index (χ4v) is 2.80. The van der Waals surface area contributed by atoms with Crippen LogP contribution in [0.1, 0.15) is 94.4 Å². The summed E-state index contributed by atoms with van der Waals surface area (Å²) in [6.07, 6.45) is 5.18. The van der Waals surface area contributed by atoms with Gasteiger partial charge in [0.1, 0.15) is 0 Å². The Hall–Kier alpha value is 0.400. The Bertz CT molecular complexity index is 286. The summed E-state index contributed by atoms with van der Waals surface area (Å²) < 4.78 is 5.93. The number of alkyl halides is 1. The number of hydrogen-bond donors (Lipinski definition) is 1. The summed E-state index contributed by atoms with van der Waals surface area (Å²) in [4.78, 5) is 0. The lowest BCUT2D eigenvalue weighted by atomic mass is 9.77. The molecule has 0 aromatic rings. The first-order valence-corrected chi connectivity index (χ1v) is 10.9. The summed E-state index contributed by atoms with van der Waals surface area (Å²) in [6, 6.07) is 0. The van der Waals surface area contributed by atoms with Crippen molar-refractivity contribution >= 4 is 15.9 Å². The van der Waals surface area contributed by atoms with Crippen LogP contribution in [0.15, 0.2) is 0 Å². The molecule has 2 nitrogen and oxygen atoms in total. The van der Waals surface area contributed by atoms with E-state index in [1.54, 1.807) is 0 Å². The molecular weight excluding hydrogens is 364 g/mol. The number of hydrogen-bond acceptors (Lipinski definition) is 2. The molecule has 0 aliphatic rings. The highest BCUT2D eigenvalue weighted by Gasteiger charge is 2.29. The molecule has 148 valence electrons. The topological polar surface area (TPSA) is 29.5 Å². The number of halogens is 1. The highest BCUT2D eigenvalue weighted by molar-refractivity contribution is 9.09. The minimum absolute atomic E-state index is 0.0832. The second-order valence-electron chi connectivity index (χ2n) is 9.19. The summed E-state index contributed by atoms with van der Waals surface area (Å²) in [5, 5.41) is 11.1. The van der Waals surface area contributed by atoms with Crippen LogP contribution in [0.25, 0.3) is 0 Å². The van der Waals surface area contributed by atoms with Crippen molar-refractivity contribution < 1.29 is 9.84 Å². The van der Waals surface area contributed by atoms with E-state index in [1.807, 2.05) is 6.92 Å². The third-order valence-corrected chi connectivity index (χ3v) is 5.66. The molecule has 0 radical (unpaired) electrons. The van der Waals surface area contributed by atoms with Gasteiger partial charge in [-0.05, 0) is 42.9 Å². The predicted octanol–water partition coefficient (Wildman–Crippen LogP) is 6.83. The lowest BCUT2D eigenvalue weighted by molar-refractivity contribution is -0.0635. The highest BCUT2D eigenvalue weighted by Crippen LogP contribution is 2.35. The average molecular weight is 409 g/mol. The molecule has 0 bridgehead atoms. The Labute approximate surface area is 161 Å². The molecule has 0 aliphatic heterocycles. The molecule has 0 saturated heterocycles. The summed E-state index contributed by atoms with van der Waals surface area (Å²) >= 11 is 3.58. The Morgan fingerprint density at radius 2 is 1.42 bits per heavy atom. The van der Waals surface area contributed by atoms with Crippen molar-refractivity contribution in [3.05, 3.63) is 0 Å². The average Bonchev–Trinajstić information content (AvgIpc) is 2.49. The van der Waals surface area contributed by atoms with Gasteiger partial charge in [-0.2, -0.15) is 0 Å². The molecule has 0 aliphatic carbocycles. The molecule has 0 aromatic carbocycles. The van der Waals surface area contributed by atoms with Crippen molar-refractivity contribution in [3.8, 4) is 0 Å². The first kappa shape index (κ1) is 26.6. The number of unbranched alkanes of at least 4 members (excludes halogenated alkanes) is 1. The summed E-state index contributed by atoms with van der Waals surface area (Å²) in [5.74, 6) is 0.632. The van der Waals surface area contributed by atoms with Gasteiger partial charge >= 0.3 is 0 Å². The van der Waals surface area contributed by atoms with Crippen molar-refractivity contribution in [2.45, 2.75) is 107 Å². The molecule has 2 unspecified atom stereocenters. The van der Waals surface area contributed by atoms with Crippen LogP contribution in [-0.2, 0) is 4.74 Å². The van der Waals surface area contributed by atoms with Crippen LogP contribution in [0.4, 0.5) is 0 Å². The van der Waals surface area contributed by atoms with Gasteiger partial charge in [0, 0.05) is 5.33 Å². The minimum atomic E-state index is -0.350. The van der Waals surface area contributed by atoms with Crippen LogP contribution >= 0.6 is 15.9 Å². The van der Waals surface area contributed by atoms with Gasteiger partial charge in [0.25, 0.3) is 0 Å². The second-order valence-corrected chi connectivity index (χ2v) is 9.75. The standard InChI is InChI=1S/C17H35BrO2.C4H10/c1-13(2)8-9-15(19)14(3)20-12-17(6,7)10-16(4,5)11-18;1-3-4-2/h13-15,19H,8-12H2,1-7H3;3-4H2,1-2H3. The lowest BCUT2D eigenvalue weighted by Crippen LogP contribution is -2.33. The zero-order valence-corrected chi connectivity index (χ0v) is 19.5.